The van der Waals surface area contributed by atoms with Gasteiger partial charge in [-0.05, 0) is 18.9 Å². The summed E-state index contributed by atoms with van der Waals surface area (Å²) in [5.74, 6) is 0.442. The first-order valence-corrected chi connectivity index (χ1v) is 7.18. The van der Waals surface area contributed by atoms with E-state index in [2.05, 4.69) is 4.98 Å². The molecule has 2 rings (SSSR count). The number of hydrogen-bond donors (Lipinski definition) is 2. The molecule has 0 spiro atoms. The number of ether oxygens (including phenoxy) is 1. The Hall–Kier alpha value is -0.840. The number of rotatable bonds is 3. The molecule has 1 fully saturated rings. The number of pyridine rings is 1. The van der Waals surface area contributed by atoms with E-state index in [1.165, 1.54) is 12.8 Å². The third-order valence-corrected chi connectivity index (χ3v) is 4.38. The molecule has 0 saturated heterocycles. The SMILES string of the molecule is COC1(C(N)c2cc(Cl)cnc2N)CCCCCC1. The third-order valence-electron chi connectivity index (χ3n) is 4.17. The van der Waals surface area contributed by atoms with Gasteiger partial charge in [-0.1, -0.05) is 37.3 Å². The van der Waals surface area contributed by atoms with Gasteiger partial charge >= 0.3 is 0 Å². The zero-order chi connectivity index (χ0) is 13.9. The van der Waals surface area contributed by atoms with Crippen LogP contribution in [0, 0.1) is 0 Å². The van der Waals surface area contributed by atoms with E-state index in [4.69, 9.17) is 27.8 Å². The van der Waals surface area contributed by atoms with Gasteiger partial charge in [0, 0.05) is 18.9 Å². The summed E-state index contributed by atoms with van der Waals surface area (Å²) in [7, 11) is 1.74. The molecule has 5 heteroatoms. The van der Waals surface area contributed by atoms with Gasteiger partial charge in [-0.2, -0.15) is 0 Å². The van der Waals surface area contributed by atoms with Crippen LogP contribution in [-0.4, -0.2) is 17.7 Å². The van der Waals surface area contributed by atoms with E-state index in [1.807, 2.05) is 0 Å². The second-order valence-corrected chi connectivity index (χ2v) is 5.73. The van der Waals surface area contributed by atoms with E-state index in [-0.39, 0.29) is 11.6 Å². The first-order valence-electron chi connectivity index (χ1n) is 6.81. The summed E-state index contributed by atoms with van der Waals surface area (Å²) in [6, 6.07) is 1.52. The van der Waals surface area contributed by atoms with Crippen LogP contribution in [0.4, 0.5) is 5.82 Å². The van der Waals surface area contributed by atoms with Gasteiger partial charge in [0.05, 0.1) is 16.7 Å². The van der Waals surface area contributed by atoms with Crippen molar-refractivity contribution in [3.05, 3.63) is 22.8 Å². The predicted octanol–water partition coefficient (Wildman–Crippen LogP) is 3.06. The van der Waals surface area contributed by atoms with Gasteiger partial charge in [-0.15, -0.1) is 0 Å². The summed E-state index contributed by atoms with van der Waals surface area (Å²) in [4.78, 5) is 4.09. The lowest BCUT2D eigenvalue weighted by Gasteiger charge is -2.37. The molecule has 1 aromatic heterocycles. The van der Waals surface area contributed by atoms with Gasteiger partial charge in [0.25, 0.3) is 0 Å². The number of nitrogens with two attached hydrogens (primary N) is 2. The number of hydrogen-bond acceptors (Lipinski definition) is 4. The topological polar surface area (TPSA) is 74.2 Å². The molecule has 1 saturated carbocycles. The first-order chi connectivity index (χ1) is 9.09. The Morgan fingerprint density at radius 1 is 1.32 bits per heavy atom. The van der Waals surface area contributed by atoms with Crippen molar-refractivity contribution in [2.24, 2.45) is 5.73 Å². The molecule has 1 atom stereocenters. The summed E-state index contributed by atoms with van der Waals surface area (Å²) in [6.07, 6.45) is 8.19. The van der Waals surface area contributed by atoms with Crippen molar-refractivity contribution in [1.29, 1.82) is 0 Å². The van der Waals surface area contributed by atoms with Crippen molar-refractivity contribution >= 4 is 17.4 Å². The Balaban J connectivity index is 2.33. The van der Waals surface area contributed by atoms with Crippen molar-refractivity contribution in [3.8, 4) is 0 Å². The minimum atomic E-state index is -0.350. The molecule has 1 aliphatic carbocycles. The first kappa shape index (κ1) is 14.6. The number of nitrogens with zero attached hydrogens (tertiary/aromatic N) is 1. The van der Waals surface area contributed by atoms with Crippen molar-refractivity contribution in [2.75, 3.05) is 12.8 Å². The van der Waals surface area contributed by atoms with Crippen LogP contribution in [0.5, 0.6) is 0 Å². The Labute approximate surface area is 119 Å². The molecular weight excluding hydrogens is 262 g/mol. The molecule has 1 aromatic rings. The fraction of sp³-hybridized carbons (Fsp3) is 0.643. The molecule has 0 amide bonds. The van der Waals surface area contributed by atoms with E-state index in [9.17, 15) is 0 Å². The largest absolute Gasteiger partial charge is 0.383 e. The second-order valence-electron chi connectivity index (χ2n) is 5.29. The molecule has 1 heterocycles. The zero-order valence-corrected chi connectivity index (χ0v) is 12.1. The molecule has 0 bridgehead atoms. The monoisotopic (exact) mass is 283 g/mol. The zero-order valence-electron chi connectivity index (χ0n) is 11.4. The van der Waals surface area contributed by atoms with E-state index in [1.54, 1.807) is 19.4 Å². The number of aromatic nitrogens is 1. The fourth-order valence-electron chi connectivity index (χ4n) is 2.97. The van der Waals surface area contributed by atoms with Crippen molar-refractivity contribution < 1.29 is 4.74 Å². The molecule has 0 aliphatic heterocycles. The highest BCUT2D eigenvalue weighted by Crippen LogP contribution is 2.40. The van der Waals surface area contributed by atoms with Crippen LogP contribution < -0.4 is 11.5 Å². The Morgan fingerprint density at radius 3 is 2.53 bits per heavy atom. The normalized spacial score (nSPS) is 20.8. The highest BCUT2D eigenvalue weighted by atomic mass is 35.5. The van der Waals surface area contributed by atoms with Crippen LogP contribution in [0.15, 0.2) is 12.3 Å². The smallest absolute Gasteiger partial charge is 0.128 e. The maximum atomic E-state index is 6.45. The third kappa shape index (κ3) is 3.02. The van der Waals surface area contributed by atoms with E-state index in [0.29, 0.717) is 10.8 Å². The summed E-state index contributed by atoms with van der Waals surface area (Å²) in [6.45, 7) is 0. The summed E-state index contributed by atoms with van der Waals surface area (Å²) >= 11 is 6.01. The number of nitrogen functional groups attached to an aromatic ring is 1. The molecule has 1 aliphatic rings. The van der Waals surface area contributed by atoms with Crippen LogP contribution in [0.1, 0.15) is 50.1 Å². The number of halogens is 1. The average Bonchev–Trinajstić information content (AvgIpc) is 2.67. The fourth-order valence-corrected chi connectivity index (χ4v) is 3.13. The summed E-state index contributed by atoms with van der Waals surface area (Å²) in [5, 5.41) is 0.555. The minimum Gasteiger partial charge on any atom is -0.383 e. The Kier molecular flexibility index (Phi) is 4.66. The van der Waals surface area contributed by atoms with Crippen molar-refractivity contribution in [3.63, 3.8) is 0 Å². The molecule has 0 aromatic carbocycles. The van der Waals surface area contributed by atoms with Crippen LogP contribution in [0.3, 0.4) is 0 Å². The van der Waals surface area contributed by atoms with Crippen molar-refractivity contribution in [1.82, 2.24) is 4.98 Å². The van der Waals surface area contributed by atoms with Gasteiger partial charge in [0.15, 0.2) is 0 Å². The van der Waals surface area contributed by atoms with Gasteiger partial charge in [0.1, 0.15) is 5.82 Å². The predicted molar refractivity (Wildman–Crippen MR) is 78.0 cm³/mol. The van der Waals surface area contributed by atoms with E-state index < -0.39 is 0 Å². The van der Waals surface area contributed by atoms with Crippen LogP contribution in [-0.2, 0) is 4.74 Å². The standard InChI is InChI=1S/C14H22ClN3O/c1-19-14(6-4-2-3-5-7-14)12(16)11-8-10(15)9-18-13(11)17/h8-9,12H,2-7,16H2,1H3,(H2,17,18). The lowest BCUT2D eigenvalue weighted by Crippen LogP contribution is -2.43. The quantitative estimate of drug-likeness (QED) is 0.836. The highest BCUT2D eigenvalue weighted by Gasteiger charge is 2.39. The van der Waals surface area contributed by atoms with E-state index in [0.717, 1.165) is 31.2 Å². The maximum absolute atomic E-state index is 6.45. The lowest BCUT2D eigenvalue weighted by atomic mass is 9.83. The van der Waals surface area contributed by atoms with Gasteiger partial charge < -0.3 is 16.2 Å². The molecule has 106 valence electrons. The van der Waals surface area contributed by atoms with Gasteiger partial charge in [0.2, 0.25) is 0 Å². The highest BCUT2D eigenvalue weighted by molar-refractivity contribution is 6.30. The molecule has 4 nitrogen and oxygen atoms in total. The Morgan fingerprint density at radius 2 is 1.95 bits per heavy atom. The van der Waals surface area contributed by atoms with Crippen LogP contribution in [0.2, 0.25) is 5.02 Å². The molecule has 4 N–H and O–H groups in total. The number of anilines is 1. The Bertz CT molecular complexity index is 431. The van der Waals surface area contributed by atoms with Gasteiger partial charge in [-0.3, -0.25) is 0 Å². The number of methoxy groups -OCH3 is 1. The van der Waals surface area contributed by atoms with Crippen molar-refractivity contribution in [2.45, 2.75) is 50.2 Å². The molecule has 0 radical (unpaired) electrons. The average molecular weight is 284 g/mol. The summed E-state index contributed by atoms with van der Waals surface area (Å²) < 4.78 is 5.82. The lowest BCUT2D eigenvalue weighted by molar-refractivity contribution is -0.0441. The maximum Gasteiger partial charge on any atom is 0.128 e. The second kappa shape index (κ2) is 6.07. The van der Waals surface area contributed by atoms with Crippen LogP contribution in [0.25, 0.3) is 0 Å². The molecular formula is C14H22ClN3O. The minimum absolute atomic E-state index is 0.290. The molecule has 1 unspecified atom stereocenters. The van der Waals surface area contributed by atoms with Gasteiger partial charge in [-0.25, -0.2) is 4.98 Å². The van der Waals surface area contributed by atoms with Crippen LogP contribution >= 0.6 is 11.6 Å². The molecule has 19 heavy (non-hydrogen) atoms. The van der Waals surface area contributed by atoms with E-state index >= 15 is 0 Å². The summed E-state index contributed by atoms with van der Waals surface area (Å²) in [5.41, 5.74) is 12.8.